The predicted molar refractivity (Wildman–Crippen MR) is 57.5 cm³/mol. The highest BCUT2D eigenvalue weighted by atomic mass is 16.2. The van der Waals surface area contributed by atoms with E-state index >= 15 is 0 Å². The van der Waals surface area contributed by atoms with Gasteiger partial charge in [0.15, 0.2) is 0 Å². The summed E-state index contributed by atoms with van der Waals surface area (Å²) in [5.74, 6) is 0. The van der Waals surface area contributed by atoms with Crippen LogP contribution in [0.25, 0.3) is 0 Å². The minimum absolute atomic E-state index is 0.299. The number of amides is 3. The van der Waals surface area contributed by atoms with Gasteiger partial charge in [0.25, 0.3) is 0 Å². The lowest BCUT2D eigenvalue weighted by Gasteiger charge is -2.20. The number of carbonyl (C=O) groups excluding carboxylic acids is 2. The van der Waals surface area contributed by atoms with Crippen LogP contribution in [0, 0.1) is 0 Å². The van der Waals surface area contributed by atoms with Crippen molar-refractivity contribution in [2.45, 2.75) is 19.8 Å². The van der Waals surface area contributed by atoms with Crippen LogP contribution in [-0.4, -0.2) is 55.0 Å². The molecule has 0 saturated carbocycles. The van der Waals surface area contributed by atoms with E-state index in [4.69, 9.17) is 0 Å². The van der Waals surface area contributed by atoms with E-state index < -0.39 is 0 Å². The summed E-state index contributed by atoms with van der Waals surface area (Å²) < 4.78 is 0. The number of hydrogen-bond acceptors (Lipinski definition) is 3. The Balaban J connectivity index is 2.26. The number of rotatable bonds is 5. The zero-order chi connectivity index (χ0) is 11.1. The van der Waals surface area contributed by atoms with E-state index in [1.54, 1.807) is 0 Å². The quantitative estimate of drug-likeness (QED) is 0.667. The third-order valence-electron chi connectivity index (χ3n) is 2.57. The first-order valence-electron chi connectivity index (χ1n) is 5.50. The van der Waals surface area contributed by atoms with Crippen LogP contribution < -0.4 is 5.32 Å². The lowest BCUT2D eigenvalue weighted by atomic mass is 10.4. The van der Waals surface area contributed by atoms with Crippen molar-refractivity contribution >= 4 is 12.4 Å². The summed E-state index contributed by atoms with van der Waals surface area (Å²) >= 11 is 0. The molecule has 0 unspecified atom stereocenters. The second-order valence-electron chi connectivity index (χ2n) is 3.68. The van der Waals surface area contributed by atoms with E-state index in [9.17, 15) is 9.59 Å². The third kappa shape index (κ3) is 3.87. The first-order valence-corrected chi connectivity index (χ1v) is 5.50. The molecule has 0 radical (unpaired) electrons. The molecule has 3 amide bonds. The molecule has 0 aliphatic carbocycles. The molecule has 0 atom stereocenters. The molecule has 1 fully saturated rings. The van der Waals surface area contributed by atoms with Crippen LogP contribution in [0.2, 0.25) is 0 Å². The van der Waals surface area contributed by atoms with Gasteiger partial charge >= 0.3 is 6.03 Å². The molecule has 1 aliphatic rings. The van der Waals surface area contributed by atoms with Gasteiger partial charge in [0.2, 0.25) is 6.41 Å². The molecule has 1 heterocycles. The van der Waals surface area contributed by atoms with Gasteiger partial charge in [0.1, 0.15) is 0 Å². The van der Waals surface area contributed by atoms with Crippen molar-refractivity contribution in [3.63, 3.8) is 0 Å². The van der Waals surface area contributed by atoms with Crippen LogP contribution in [-0.2, 0) is 4.79 Å². The lowest BCUT2D eigenvalue weighted by Crippen LogP contribution is -2.42. The van der Waals surface area contributed by atoms with Crippen molar-refractivity contribution in [1.82, 2.24) is 15.1 Å². The zero-order valence-electron chi connectivity index (χ0n) is 9.24. The standard InChI is InChI=1S/C10H19N3O2/c1-2-11-10(15)13(9-14)8-7-12-5-3-4-6-12/h9H,2-8H2,1H3,(H,11,15). The van der Waals surface area contributed by atoms with Crippen molar-refractivity contribution < 1.29 is 9.59 Å². The topological polar surface area (TPSA) is 52.7 Å². The Morgan fingerprint density at radius 3 is 2.67 bits per heavy atom. The number of nitrogens with one attached hydrogen (secondary N) is 1. The fourth-order valence-electron chi connectivity index (χ4n) is 1.71. The SMILES string of the molecule is CCNC(=O)N(C=O)CCN1CCCC1. The molecule has 0 aromatic carbocycles. The molecule has 15 heavy (non-hydrogen) atoms. The molecule has 0 aromatic heterocycles. The molecule has 0 aromatic rings. The molecule has 1 rings (SSSR count). The van der Waals surface area contributed by atoms with Crippen molar-refractivity contribution in [3.05, 3.63) is 0 Å². The summed E-state index contributed by atoms with van der Waals surface area (Å²) in [5.41, 5.74) is 0. The summed E-state index contributed by atoms with van der Waals surface area (Å²) in [5, 5.41) is 2.61. The second-order valence-corrected chi connectivity index (χ2v) is 3.68. The first-order chi connectivity index (χ1) is 7.27. The molecule has 1 aliphatic heterocycles. The number of likely N-dealkylation sites (tertiary alicyclic amines) is 1. The fraction of sp³-hybridized carbons (Fsp3) is 0.800. The Hall–Kier alpha value is -1.10. The van der Waals surface area contributed by atoms with E-state index in [2.05, 4.69) is 10.2 Å². The number of urea groups is 1. The Bertz CT molecular complexity index is 215. The molecular weight excluding hydrogens is 194 g/mol. The molecule has 1 N–H and O–H groups in total. The highest BCUT2D eigenvalue weighted by Crippen LogP contribution is 2.06. The Kier molecular flexibility index (Phi) is 5.10. The van der Waals surface area contributed by atoms with Crippen molar-refractivity contribution in [1.29, 1.82) is 0 Å². The summed E-state index contributed by atoms with van der Waals surface area (Å²) in [6.07, 6.45) is 3.05. The predicted octanol–water partition coefficient (Wildman–Crippen LogP) is 0.270. The van der Waals surface area contributed by atoms with E-state index in [1.165, 1.54) is 17.7 Å². The fourth-order valence-corrected chi connectivity index (χ4v) is 1.71. The largest absolute Gasteiger partial charge is 0.338 e. The highest BCUT2D eigenvalue weighted by molar-refractivity contribution is 5.84. The monoisotopic (exact) mass is 213 g/mol. The van der Waals surface area contributed by atoms with Gasteiger partial charge in [-0.25, -0.2) is 4.79 Å². The highest BCUT2D eigenvalue weighted by Gasteiger charge is 2.15. The maximum atomic E-state index is 11.3. The van der Waals surface area contributed by atoms with Crippen molar-refractivity contribution in [2.75, 3.05) is 32.7 Å². The number of hydrogen-bond donors (Lipinski definition) is 1. The van der Waals surface area contributed by atoms with E-state index in [0.717, 1.165) is 19.6 Å². The number of carbonyl (C=O) groups is 2. The molecule has 5 nitrogen and oxygen atoms in total. The van der Waals surface area contributed by atoms with Gasteiger partial charge in [-0.3, -0.25) is 9.69 Å². The average molecular weight is 213 g/mol. The summed E-state index contributed by atoms with van der Waals surface area (Å²) in [6, 6.07) is -0.299. The molecule has 1 saturated heterocycles. The summed E-state index contributed by atoms with van der Waals surface area (Å²) in [6.45, 7) is 5.82. The van der Waals surface area contributed by atoms with Crippen LogP contribution in [0.1, 0.15) is 19.8 Å². The van der Waals surface area contributed by atoms with Gasteiger partial charge in [-0.15, -0.1) is 0 Å². The lowest BCUT2D eigenvalue weighted by molar-refractivity contribution is -0.115. The van der Waals surface area contributed by atoms with Crippen LogP contribution in [0.3, 0.4) is 0 Å². The molecule has 0 spiro atoms. The van der Waals surface area contributed by atoms with Crippen LogP contribution in [0.5, 0.6) is 0 Å². The molecule has 5 heteroatoms. The minimum Gasteiger partial charge on any atom is -0.338 e. The maximum absolute atomic E-state index is 11.3. The maximum Gasteiger partial charge on any atom is 0.323 e. The van der Waals surface area contributed by atoms with Crippen LogP contribution in [0.4, 0.5) is 4.79 Å². The van der Waals surface area contributed by atoms with Crippen LogP contribution >= 0.6 is 0 Å². The van der Waals surface area contributed by atoms with Gasteiger partial charge in [-0.05, 0) is 32.9 Å². The second kappa shape index (κ2) is 6.40. The first kappa shape index (κ1) is 12.0. The Morgan fingerprint density at radius 1 is 1.47 bits per heavy atom. The van der Waals surface area contributed by atoms with Gasteiger partial charge in [-0.2, -0.15) is 0 Å². The van der Waals surface area contributed by atoms with E-state index in [-0.39, 0.29) is 6.03 Å². The van der Waals surface area contributed by atoms with Gasteiger partial charge < -0.3 is 10.2 Å². The van der Waals surface area contributed by atoms with E-state index in [0.29, 0.717) is 19.5 Å². The minimum atomic E-state index is -0.299. The third-order valence-corrected chi connectivity index (χ3v) is 2.57. The normalized spacial score (nSPS) is 16.3. The van der Waals surface area contributed by atoms with Gasteiger partial charge in [-0.1, -0.05) is 0 Å². The van der Waals surface area contributed by atoms with Crippen molar-refractivity contribution in [3.8, 4) is 0 Å². The van der Waals surface area contributed by atoms with Crippen LogP contribution in [0.15, 0.2) is 0 Å². The number of imide groups is 1. The van der Waals surface area contributed by atoms with E-state index in [1.807, 2.05) is 6.92 Å². The zero-order valence-corrected chi connectivity index (χ0v) is 9.24. The van der Waals surface area contributed by atoms with Crippen molar-refractivity contribution in [2.24, 2.45) is 0 Å². The number of nitrogens with zero attached hydrogens (tertiary/aromatic N) is 2. The smallest absolute Gasteiger partial charge is 0.323 e. The summed E-state index contributed by atoms with van der Waals surface area (Å²) in [7, 11) is 0. The molecular formula is C10H19N3O2. The molecule has 0 bridgehead atoms. The van der Waals surface area contributed by atoms with Gasteiger partial charge in [0, 0.05) is 19.6 Å². The molecule has 86 valence electrons. The Labute approximate surface area is 90.4 Å². The Morgan fingerprint density at radius 2 is 2.13 bits per heavy atom. The average Bonchev–Trinajstić information content (AvgIpc) is 2.72. The summed E-state index contributed by atoms with van der Waals surface area (Å²) in [4.78, 5) is 25.5. The van der Waals surface area contributed by atoms with Gasteiger partial charge in [0.05, 0.1) is 0 Å².